The van der Waals surface area contributed by atoms with Gasteiger partial charge in [0.1, 0.15) is 11.6 Å². The van der Waals surface area contributed by atoms with Crippen LogP contribution in [-0.2, 0) is 6.54 Å². The van der Waals surface area contributed by atoms with Crippen LogP contribution >= 0.6 is 0 Å². The maximum absolute atomic E-state index is 6.19. The molecule has 30 heavy (non-hydrogen) atoms. The normalized spacial score (nSPS) is 10.9. The topological polar surface area (TPSA) is 98.4 Å². The monoisotopic (exact) mass is 404 g/mol. The Labute approximate surface area is 174 Å². The van der Waals surface area contributed by atoms with Gasteiger partial charge in [0, 0.05) is 37.5 Å². The number of anilines is 3. The summed E-state index contributed by atoms with van der Waals surface area (Å²) >= 11 is 0. The number of methoxy groups -OCH3 is 2. The molecule has 4 aromatic rings. The third-order valence-corrected chi connectivity index (χ3v) is 4.91. The van der Waals surface area contributed by atoms with E-state index in [1.807, 2.05) is 37.2 Å². The van der Waals surface area contributed by atoms with Gasteiger partial charge in [-0.2, -0.15) is 4.98 Å². The lowest BCUT2D eigenvalue weighted by atomic mass is 10.1. The van der Waals surface area contributed by atoms with Gasteiger partial charge in [0.15, 0.2) is 11.5 Å². The summed E-state index contributed by atoms with van der Waals surface area (Å²) in [6.45, 7) is 0.530. The van der Waals surface area contributed by atoms with Gasteiger partial charge in [0.2, 0.25) is 5.95 Å². The summed E-state index contributed by atoms with van der Waals surface area (Å²) in [5, 5.41) is 5.09. The molecule has 0 aliphatic rings. The van der Waals surface area contributed by atoms with Crippen molar-refractivity contribution in [2.75, 3.05) is 44.3 Å². The van der Waals surface area contributed by atoms with Crippen LogP contribution in [0.1, 0.15) is 5.56 Å². The van der Waals surface area contributed by atoms with Crippen LogP contribution in [0, 0.1) is 0 Å². The molecule has 0 aliphatic heterocycles. The van der Waals surface area contributed by atoms with Crippen LogP contribution in [0.4, 0.5) is 17.6 Å². The summed E-state index contributed by atoms with van der Waals surface area (Å²) in [7, 11) is 7.12. The van der Waals surface area contributed by atoms with E-state index in [1.54, 1.807) is 26.4 Å². The van der Waals surface area contributed by atoms with E-state index in [9.17, 15) is 0 Å². The van der Waals surface area contributed by atoms with Crippen molar-refractivity contribution < 1.29 is 9.47 Å². The average Bonchev–Trinajstić information content (AvgIpc) is 2.76. The highest BCUT2D eigenvalue weighted by Crippen LogP contribution is 2.33. The van der Waals surface area contributed by atoms with Crippen molar-refractivity contribution in [3.63, 3.8) is 0 Å². The fourth-order valence-electron chi connectivity index (χ4n) is 3.34. The fourth-order valence-corrected chi connectivity index (χ4v) is 3.34. The molecule has 0 saturated heterocycles. The zero-order valence-corrected chi connectivity index (χ0v) is 17.4. The van der Waals surface area contributed by atoms with E-state index in [1.165, 1.54) is 0 Å². The zero-order chi connectivity index (χ0) is 21.3. The molecule has 8 nitrogen and oxygen atoms in total. The van der Waals surface area contributed by atoms with Crippen molar-refractivity contribution in [1.29, 1.82) is 0 Å². The van der Waals surface area contributed by atoms with Gasteiger partial charge < -0.3 is 25.4 Å². The maximum Gasteiger partial charge on any atom is 0.225 e. The Morgan fingerprint density at radius 3 is 2.37 bits per heavy atom. The second-order valence-corrected chi connectivity index (χ2v) is 7.06. The van der Waals surface area contributed by atoms with Crippen LogP contribution in [0.5, 0.6) is 11.5 Å². The Morgan fingerprint density at radius 1 is 0.900 bits per heavy atom. The summed E-state index contributed by atoms with van der Waals surface area (Å²) in [6.07, 6.45) is 0. The Balaban J connectivity index is 1.70. The molecule has 0 spiro atoms. The first-order valence-corrected chi connectivity index (χ1v) is 9.49. The SMILES string of the molecule is COc1cc2nc(NCc3cc(N(C)C)nc4ccccc34)nc(N)c2cc1OC. The molecule has 4 rings (SSSR count). The molecular formula is C22H24N6O2. The van der Waals surface area contributed by atoms with Crippen molar-refractivity contribution in [3.05, 3.63) is 48.0 Å². The van der Waals surface area contributed by atoms with Crippen LogP contribution in [0.25, 0.3) is 21.8 Å². The highest BCUT2D eigenvalue weighted by atomic mass is 16.5. The van der Waals surface area contributed by atoms with Crippen molar-refractivity contribution in [3.8, 4) is 11.5 Å². The third-order valence-electron chi connectivity index (χ3n) is 4.91. The molecular weight excluding hydrogens is 380 g/mol. The largest absolute Gasteiger partial charge is 0.493 e. The van der Waals surface area contributed by atoms with Gasteiger partial charge in [-0.15, -0.1) is 0 Å². The van der Waals surface area contributed by atoms with Crippen LogP contribution in [-0.4, -0.2) is 43.3 Å². The number of aromatic nitrogens is 3. The summed E-state index contributed by atoms with van der Waals surface area (Å²) in [5.74, 6) is 2.88. The van der Waals surface area contributed by atoms with E-state index in [4.69, 9.17) is 20.2 Å². The summed E-state index contributed by atoms with van der Waals surface area (Å²) in [4.78, 5) is 15.7. The number of nitrogen functional groups attached to an aromatic ring is 1. The van der Waals surface area contributed by atoms with Gasteiger partial charge in [-0.3, -0.25) is 0 Å². The first kappa shape index (κ1) is 19.5. The van der Waals surface area contributed by atoms with Gasteiger partial charge in [0.05, 0.1) is 25.3 Å². The number of hydrogen-bond acceptors (Lipinski definition) is 8. The minimum absolute atomic E-state index is 0.372. The molecule has 0 saturated carbocycles. The van der Waals surface area contributed by atoms with Crippen LogP contribution in [0.2, 0.25) is 0 Å². The number of nitrogens with zero attached hydrogens (tertiary/aromatic N) is 4. The Kier molecular flexibility index (Phi) is 5.14. The number of rotatable bonds is 6. The maximum atomic E-state index is 6.19. The number of benzene rings is 2. The van der Waals surface area contributed by atoms with E-state index in [0.29, 0.717) is 40.7 Å². The smallest absolute Gasteiger partial charge is 0.225 e. The van der Waals surface area contributed by atoms with E-state index in [0.717, 1.165) is 22.3 Å². The summed E-state index contributed by atoms with van der Waals surface area (Å²) in [5.41, 5.74) is 8.91. The number of nitrogens with one attached hydrogen (secondary N) is 1. The predicted octanol–water partition coefficient (Wildman–Crippen LogP) is 3.46. The minimum atomic E-state index is 0.372. The van der Waals surface area contributed by atoms with Gasteiger partial charge >= 0.3 is 0 Å². The molecule has 0 amide bonds. The van der Waals surface area contributed by atoms with Crippen LogP contribution < -0.4 is 25.4 Å². The van der Waals surface area contributed by atoms with E-state index < -0.39 is 0 Å². The minimum Gasteiger partial charge on any atom is -0.493 e. The van der Waals surface area contributed by atoms with Crippen molar-refractivity contribution in [2.45, 2.75) is 6.54 Å². The number of pyridine rings is 1. The average molecular weight is 404 g/mol. The molecule has 2 aromatic carbocycles. The van der Waals surface area contributed by atoms with E-state index in [-0.39, 0.29) is 0 Å². The first-order valence-electron chi connectivity index (χ1n) is 9.49. The zero-order valence-electron chi connectivity index (χ0n) is 17.4. The van der Waals surface area contributed by atoms with Gasteiger partial charge in [-0.05, 0) is 23.8 Å². The summed E-state index contributed by atoms with van der Waals surface area (Å²) < 4.78 is 10.7. The lowest BCUT2D eigenvalue weighted by Gasteiger charge is -2.16. The molecule has 2 aromatic heterocycles. The van der Waals surface area contributed by atoms with Gasteiger partial charge in [-0.25, -0.2) is 9.97 Å². The number of fused-ring (bicyclic) bond motifs is 2. The van der Waals surface area contributed by atoms with Crippen molar-refractivity contribution in [1.82, 2.24) is 15.0 Å². The summed E-state index contributed by atoms with van der Waals surface area (Å²) in [6, 6.07) is 13.7. The number of ether oxygens (including phenoxy) is 2. The molecule has 0 radical (unpaired) electrons. The molecule has 0 bridgehead atoms. The standard InChI is InChI=1S/C22H24N6O2/c1-28(2)20-9-13(14-7-5-6-8-16(14)25-20)12-24-22-26-17-11-19(30-4)18(29-3)10-15(17)21(23)27-22/h5-11H,12H2,1-4H3,(H3,23,24,26,27). The molecule has 0 unspecified atom stereocenters. The molecule has 3 N–H and O–H groups in total. The van der Waals surface area contributed by atoms with Gasteiger partial charge in [0.25, 0.3) is 0 Å². The molecule has 2 heterocycles. The number of para-hydroxylation sites is 1. The predicted molar refractivity (Wildman–Crippen MR) is 120 cm³/mol. The number of nitrogens with two attached hydrogens (primary N) is 1. The lowest BCUT2D eigenvalue weighted by Crippen LogP contribution is -2.12. The third kappa shape index (κ3) is 3.59. The van der Waals surface area contributed by atoms with Crippen LogP contribution in [0.15, 0.2) is 42.5 Å². The van der Waals surface area contributed by atoms with E-state index >= 15 is 0 Å². The molecule has 0 aliphatic carbocycles. The molecule has 0 fully saturated rings. The first-order chi connectivity index (χ1) is 14.5. The van der Waals surface area contributed by atoms with Crippen molar-refractivity contribution >= 4 is 39.4 Å². The second-order valence-electron chi connectivity index (χ2n) is 7.06. The lowest BCUT2D eigenvalue weighted by molar-refractivity contribution is 0.356. The van der Waals surface area contributed by atoms with Crippen LogP contribution in [0.3, 0.4) is 0 Å². The molecule has 154 valence electrons. The second kappa shape index (κ2) is 7.90. The molecule has 0 atom stereocenters. The Hall–Kier alpha value is -3.81. The molecule has 8 heteroatoms. The highest BCUT2D eigenvalue weighted by molar-refractivity contribution is 5.91. The van der Waals surface area contributed by atoms with E-state index in [2.05, 4.69) is 27.4 Å². The Morgan fingerprint density at radius 2 is 1.63 bits per heavy atom. The van der Waals surface area contributed by atoms with Gasteiger partial charge in [-0.1, -0.05) is 18.2 Å². The highest BCUT2D eigenvalue weighted by Gasteiger charge is 2.13. The number of hydrogen-bond donors (Lipinski definition) is 2. The quantitative estimate of drug-likeness (QED) is 0.504. The van der Waals surface area contributed by atoms with Crippen molar-refractivity contribution in [2.24, 2.45) is 0 Å². The Bertz CT molecular complexity index is 1230. The fraction of sp³-hybridized carbons (Fsp3) is 0.227.